The van der Waals surface area contributed by atoms with Gasteiger partial charge in [-0.15, -0.1) is 0 Å². The van der Waals surface area contributed by atoms with E-state index in [-0.39, 0.29) is 0 Å². The van der Waals surface area contributed by atoms with Gasteiger partial charge >= 0.3 is 0 Å². The number of guanidine groups is 1. The largest absolute Gasteiger partial charge is 0.382 e. The lowest BCUT2D eigenvalue weighted by Crippen LogP contribution is -2.44. The van der Waals surface area contributed by atoms with E-state index < -0.39 is 0 Å². The van der Waals surface area contributed by atoms with Crippen molar-refractivity contribution in [1.82, 2.24) is 10.7 Å². The highest BCUT2D eigenvalue weighted by Gasteiger charge is 1.97. The molecule has 0 aromatic heterocycles. The van der Waals surface area contributed by atoms with Crippen LogP contribution in [0.2, 0.25) is 0 Å². The second-order valence-corrected chi connectivity index (χ2v) is 3.28. The average Bonchev–Trinajstić information content (AvgIpc) is 2.20. The zero-order valence-corrected chi connectivity index (χ0v) is 9.75. The molecule has 0 heterocycles. The third-order valence-corrected chi connectivity index (χ3v) is 1.50. The molecule has 0 aliphatic heterocycles. The Kier molecular flexibility index (Phi) is 9.15. The summed E-state index contributed by atoms with van der Waals surface area (Å²) in [6, 6.07) is 0.300. The summed E-state index contributed by atoms with van der Waals surface area (Å²) in [6.07, 6.45) is 0. The van der Waals surface area contributed by atoms with Crippen molar-refractivity contribution in [3.63, 3.8) is 0 Å². The molecule has 0 rings (SSSR count). The summed E-state index contributed by atoms with van der Waals surface area (Å²) in [4.78, 5) is 4.18. The molecule has 0 fully saturated rings. The minimum atomic E-state index is 0.300. The van der Waals surface area contributed by atoms with Crippen molar-refractivity contribution in [3.05, 3.63) is 0 Å². The lowest BCUT2D eigenvalue weighted by Gasteiger charge is -2.11. The number of aliphatic imine (C=N–C) groups is 1. The van der Waals surface area contributed by atoms with Crippen LogP contribution >= 0.6 is 0 Å². The molecule has 0 atom stereocenters. The van der Waals surface area contributed by atoms with E-state index in [1.165, 1.54) is 0 Å². The Morgan fingerprint density at radius 1 is 1.33 bits per heavy atom. The van der Waals surface area contributed by atoms with E-state index in [4.69, 9.17) is 15.3 Å². The predicted molar refractivity (Wildman–Crippen MR) is 60.6 cm³/mol. The SMILES string of the molecule is COCCOCCN=C(NN)NC(C)C. The van der Waals surface area contributed by atoms with Crippen molar-refractivity contribution in [2.24, 2.45) is 10.8 Å². The molecule has 4 N–H and O–H groups in total. The molecule has 90 valence electrons. The highest BCUT2D eigenvalue weighted by molar-refractivity contribution is 5.79. The zero-order chi connectivity index (χ0) is 11.5. The first kappa shape index (κ1) is 14.2. The van der Waals surface area contributed by atoms with Gasteiger partial charge in [0.05, 0.1) is 26.4 Å². The first-order valence-corrected chi connectivity index (χ1v) is 5.05. The molecule has 0 aliphatic carbocycles. The van der Waals surface area contributed by atoms with E-state index in [1.807, 2.05) is 13.8 Å². The van der Waals surface area contributed by atoms with Crippen LogP contribution in [0.3, 0.4) is 0 Å². The van der Waals surface area contributed by atoms with Crippen LogP contribution in [0, 0.1) is 0 Å². The van der Waals surface area contributed by atoms with Crippen molar-refractivity contribution < 1.29 is 9.47 Å². The van der Waals surface area contributed by atoms with Crippen LogP contribution in [0.25, 0.3) is 0 Å². The molecule has 0 aromatic rings. The Morgan fingerprint density at radius 2 is 2.07 bits per heavy atom. The van der Waals surface area contributed by atoms with Crippen LogP contribution in [0.5, 0.6) is 0 Å². The second kappa shape index (κ2) is 9.70. The summed E-state index contributed by atoms with van der Waals surface area (Å²) in [5.74, 6) is 5.86. The Hall–Kier alpha value is -0.850. The zero-order valence-electron chi connectivity index (χ0n) is 9.75. The lowest BCUT2D eigenvalue weighted by atomic mass is 10.4. The predicted octanol–water partition coefficient (Wildman–Crippen LogP) is -0.533. The van der Waals surface area contributed by atoms with Crippen molar-refractivity contribution in [1.29, 1.82) is 0 Å². The molecule has 0 bridgehead atoms. The molecule has 0 radical (unpaired) electrons. The monoisotopic (exact) mass is 218 g/mol. The van der Waals surface area contributed by atoms with Crippen molar-refractivity contribution in [2.75, 3.05) is 33.5 Å². The fourth-order valence-electron chi connectivity index (χ4n) is 0.873. The van der Waals surface area contributed by atoms with Gasteiger partial charge in [-0.3, -0.25) is 5.43 Å². The van der Waals surface area contributed by atoms with Gasteiger partial charge in [0.2, 0.25) is 5.96 Å². The van der Waals surface area contributed by atoms with Gasteiger partial charge in [-0.1, -0.05) is 0 Å². The molecule has 0 aromatic carbocycles. The van der Waals surface area contributed by atoms with Gasteiger partial charge in [-0.2, -0.15) is 0 Å². The van der Waals surface area contributed by atoms with E-state index in [2.05, 4.69) is 15.7 Å². The molecule has 0 spiro atoms. The van der Waals surface area contributed by atoms with Crippen LogP contribution in [0.1, 0.15) is 13.8 Å². The van der Waals surface area contributed by atoms with E-state index in [1.54, 1.807) is 7.11 Å². The molecule has 6 heteroatoms. The Morgan fingerprint density at radius 3 is 2.60 bits per heavy atom. The van der Waals surface area contributed by atoms with Crippen LogP contribution < -0.4 is 16.6 Å². The summed E-state index contributed by atoms with van der Waals surface area (Å²) >= 11 is 0. The van der Waals surface area contributed by atoms with Crippen molar-refractivity contribution in [2.45, 2.75) is 19.9 Å². The molecule has 0 unspecified atom stereocenters. The van der Waals surface area contributed by atoms with Crippen LogP contribution in [0.15, 0.2) is 4.99 Å². The average molecular weight is 218 g/mol. The number of hydrogen-bond donors (Lipinski definition) is 3. The quantitative estimate of drug-likeness (QED) is 0.176. The first-order valence-electron chi connectivity index (χ1n) is 5.05. The van der Waals surface area contributed by atoms with Gasteiger partial charge in [-0.05, 0) is 13.8 Å². The molecular formula is C9H22N4O2. The molecule has 0 amide bonds. The number of nitrogens with two attached hydrogens (primary N) is 1. The number of nitrogens with one attached hydrogen (secondary N) is 2. The Labute approximate surface area is 91.2 Å². The minimum Gasteiger partial charge on any atom is -0.382 e. The number of ether oxygens (including phenoxy) is 2. The standard InChI is InChI=1S/C9H22N4O2/c1-8(2)12-9(13-10)11-4-5-15-7-6-14-3/h8H,4-7,10H2,1-3H3,(H2,11,12,13). The lowest BCUT2D eigenvalue weighted by molar-refractivity contribution is 0.0748. The Balaban J connectivity index is 3.53. The summed E-state index contributed by atoms with van der Waals surface area (Å²) in [5, 5.41) is 3.07. The molecule has 0 saturated heterocycles. The molecule has 0 saturated carbocycles. The summed E-state index contributed by atoms with van der Waals surface area (Å²) in [6.45, 7) is 6.37. The molecular weight excluding hydrogens is 196 g/mol. The highest BCUT2D eigenvalue weighted by atomic mass is 16.5. The number of hydrazine groups is 1. The second-order valence-electron chi connectivity index (χ2n) is 3.28. The first-order chi connectivity index (χ1) is 7.20. The minimum absolute atomic E-state index is 0.300. The highest BCUT2D eigenvalue weighted by Crippen LogP contribution is 1.80. The number of hydrogen-bond acceptors (Lipinski definition) is 4. The molecule has 15 heavy (non-hydrogen) atoms. The van der Waals surface area contributed by atoms with Crippen molar-refractivity contribution >= 4 is 5.96 Å². The molecule has 0 aliphatic rings. The van der Waals surface area contributed by atoms with E-state index in [9.17, 15) is 0 Å². The normalized spacial score (nSPS) is 11.9. The summed E-state index contributed by atoms with van der Waals surface area (Å²) < 4.78 is 10.1. The van der Waals surface area contributed by atoms with Gasteiger partial charge in [0.1, 0.15) is 0 Å². The smallest absolute Gasteiger partial charge is 0.206 e. The van der Waals surface area contributed by atoms with Gasteiger partial charge in [0.15, 0.2) is 0 Å². The number of methoxy groups -OCH3 is 1. The summed E-state index contributed by atoms with van der Waals surface area (Å²) in [5.41, 5.74) is 2.49. The van der Waals surface area contributed by atoms with E-state index >= 15 is 0 Å². The van der Waals surface area contributed by atoms with E-state index in [0.717, 1.165) is 0 Å². The fraction of sp³-hybridized carbons (Fsp3) is 0.889. The number of rotatable bonds is 7. The van der Waals surface area contributed by atoms with Crippen LogP contribution in [-0.2, 0) is 9.47 Å². The third kappa shape index (κ3) is 9.45. The maximum atomic E-state index is 5.28. The van der Waals surface area contributed by atoms with Crippen molar-refractivity contribution in [3.8, 4) is 0 Å². The fourth-order valence-corrected chi connectivity index (χ4v) is 0.873. The van der Waals surface area contributed by atoms with Gasteiger partial charge in [-0.25, -0.2) is 10.8 Å². The molecule has 6 nitrogen and oxygen atoms in total. The topological polar surface area (TPSA) is 80.9 Å². The maximum absolute atomic E-state index is 5.28. The van der Waals surface area contributed by atoms with Crippen LogP contribution in [-0.4, -0.2) is 45.5 Å². The number of nitrogens with zero attached hydrogens (tertiary/aromatic N) is 1. The van der Waals surface area contributed by atoms with Gasteiger partial charge < -0.3 is 14.8 Å². The van der Waals surface area contributed by atoms with E-state index in [0.29, 0.717) is 38.4 Å². The van der Waals surface area contributed by atoms with Crippen LogP contribution in [0.4, 0.5) is 0 Å². The van der Waals surface area contributed by atoms with Gasteiger partial charge in [0, 0.05) is 13.2 Å². The third-order valence-electron chi connectivity index (χ3n) is 1.50. The van der Waals surface area contributed by atoms with Gasteiger partial charge in [0.25, 0.3) is 0 Å². The summed E-state index contributed by atoms with van der Waals surface area (Å²) in [7, 11) is 1.64. The maximum Gasteiger partial charge on any atom is 0.206 e. The Bertz CT molecular complexity index is 173.